The zero-order valence-electron chi connectivity index (χ0n) is 23.9. The van der Waals surface area contributed by atoms with Crippen LogP contribution in [0.5, 0.6) is 11.5 Å². The van der Waals surface area contributed by atoms with E-state index in [1.807, 2.05) is 39.8 Å². The van der Waals surface area contributed by atoms with Gasteiger partial charge in [-0.05, 0) is 67.1 Å². The van der Waals surface area contributed by atoms with E-state index in [1.54, 1.807) is 0 Å². The average Bonchev–Trinajstić information content (AvgIpc) is 3.20. The molecule has 41 heavy (non-hydrogen) atoms. The van der Waals surface area contributed by atoms with Crippen molar-refractivity contribution in [3.05, 3.63) is 89.3 Å². The maximum absolute atomic E-state index is 13.7. The van der Waals surface area contributed by atoms with Crippen LogP contribution >= 0.6 is 31.9 Å². The van der Waals surface area contributed by atoms with Gasteiger partial charge in [0.15, 0.2) is 5.60 Å². The molecule has 1 aliphatic heterocycles. The van der Waals surface area contributed by atoms with Gasteiger partial charge in [0.1, 0.15) is 11.5 Å². The summed E-state index contributed by atoms with van der Waals surface area (Å²) in [7, 11) is 0. The molecule has 3 N–H and O–H groups in total. The van der Waals surface area contributed by atoms with Gasteiger partial charge in [0.2, 0.25) is 0 Å². The Morgan fingerprint density at radius 1 is 0.780 bits per heavy atom. The van der Waals surface area contributed by atoms with Crippen molar-refractivity contribution in [2.45, 2.75) is 84.7 Å². The molecule has 6 nitrogen and oxygen atoms in total. The molecule has 0 aromatic heterocycles. The molecule has 3 aromatic carbocycles. The number of aromatic carboxylic acids is 1. The van der Waals surface area contributed by atoms with Gasteiger partial charge in [-0.2, -0.15) is 0 Å². The Labute approximate surface area is 258 Å². The lowest BCUT2D eigenvalue weighted by atomic mass is 9.72. The van der Waals surface area contributed by atoms with Gasteiger partial charge >= 0.3 is 11.9 Å². The molecule has 0 fully saturated rings. The second kappa shape index (κ2) is 12.6. The highest BCUT2D eigenvalue weighted by Gasteiger charge is 2.54. The maximum Gasteiger partial charge on any atom is 0.340 e. The van der Waals surface area contributed by atoms with Gasteiger partial charge in [-0.25, -0.2) is 9.59 Å². The molecule has 1 heterocycles. The Morgan fingerprint density at radius 3 is 1.66 bits per heavy atom. The molecule has 0 aliphatic carbocycles. The summed E-state index contributed by atoms with van der Waals surface area (Å²) in [6.45, 7) is 8.08. The van der Waals surface area contributed by atoms with Crippen molar-refractivity contribution in [2.75, 3.05) is 0 Å². The van der Waals surface area contributed by atoms with E-state index in [9.17, 15) is 24.9 Å². The van der Waals surface area contributed by atoms with Crippen molar-refractivity contribution >= 4 is 43.8 Å². The number of hydrogen-bond donors (Lipinski definition) is 3. The molecule has 0 amide bonds. The molecule has 218 valence electrons. The number of carboxylic acid groups (broad SMARTS) is 1. The summed E-state index contributed by atoms with van der Waals surface area (Å²) < 4.78 is 7.93. The lowest BCUT2D eigenvalue weighted by molar-refractivity contribution is 0.0233. The highest BCUT2D eigenvalue weighted by atomic mass is 79.9. The zero-order chi connectivity index (χ0) is 30.1. The van der Waals surface area contributed by atoms with Crippen molar-refractivity contribution in [1.29, 1.82) is 0 Å². The molecular formula is C33H36Br2O6. The van der Waals surface area contributed by atoms with Crippen molar-refractivity contribution in [3.63, 3.8) is 0 Å². The quantitative estimate of drug-likeness (QED) is 0.175. The number of phenols is 2. The monoisotopic (exact) mass is 686 g/mol. The molecule has 0 saturated heterocycles. The van der Waals surface area contributed by atoms with E-state index < -0.39 is 17.5 Å². The van der Waals surface area contributed by atoms with E-state index in [2.05, 4.69) is 31.9 Å². The molecule has 0 atom stereocenters. The Bertz CT molecular complexity index is 1440. The molecular weight excluding hydrogens is 652 g/mol. The van der Waals surface area contributed by atoms with Gasteiger partial charge in [-0.15, -0.1) is 0 Å². The van der Waals surface area contributed by atoms with Crippen LogP contribution in [0, 0.1) is 0 Å². The molecule has 1 aliphatic rings. The van der Waals surface area contributed by atoms with E-state index in [4.69, 9.17) is 4.74 Å². The maximum atomic E-state index is 13.7. The predicted octanol–water partition coefficient (Wildman–Crippen LogP) is 8.59. The molecule has 8 heteroatoms. The van der Waals surface area contributed by atoms with E-state index in [-0.39, 0.29) is 22.6 Å². The summed E-state index contributed by atoms with van der Waals surface area (Å²) in [4.78, 5) is 25.8. The fourth-order valence-electron chi connectivity index (χ4n) is 6.04. The topological polar surface area (TPSA) is 104 Å². The van der Waals surface area contributed by atoms with Crippen molar-refractivity contribution in [3.8, 4) is 11.5 Å². The number of aromatic hydroxyl groups is 2. The molecule has 3 aromatic rings. The second-order valence-electron chi connectivity index (χ2n) is 10.6. The minimum Gasteiger partial charge on any atom is -0.507 e. The lowest BCUT2D eigenvalue weighted by Gasteiger charge is -2.36. The van der Waals surface area contributed by atoms with Gasteiger partial charge in [0.25, 0.3) is 0 Å². The van der Waals surface area contributed by atoms with Crippen LogP contribution in [-0.2, 0) is 36.0 Å². The van der Waals surface area contributed by atoms with Crippen LogP contribution in [0.25, 0.3) is 0 Å². The number of rotatable bonds is 11. The summed E-state index contributed by atoms with van der Waals surface area (Å²) in [5, 5.41) is 34.1. The van der Waals surface area contributed by atoms with E-state index in [1.165, 1.54) is 18.2 Å². The Balaban J connectivity index is 2.31. The van der Waals surface area contributed by atoms with Crippen LogP contribution in [0.15, 0.2) is 39.3 Å². The second-order valence-corrected chi connectivity index (χ2v) is 12.3. The van der Waals surface area contributed by atoms with Crippen LogP contribution in [0.3, 0.4) is 0 Å². The summed E-state index contributed by atoms with van der Waals surface area (Å²) >= 11 is 7.31. The minimum atomic E-state index is -1.77. The number of esters is 1. The van der Waals surface area contributed by atoms with Gasteiger partial charge in [-0.3, -0.25) is 0 Å². The zero-order valence-corrected chi connectivity index (χ0v) is 27.0. The number of halogens is 2. The average molecular weight is 688 g/mol. The van der Waals surface area contributed by atoms with Gasteiger partial charge in [-0.1, -0.05) is 85.2 Å². The van der Waals surface area contributed by atoms with Crippen molar-refractivity contribution in [2.24, 2.45) is 0 Å². The third-order valence-electron chi connectivity index (χ3n) is 7.72. The third kappa shape index (κ3) is 5.29. The summed E-state index contributed by atoms with van der Waals surface area (Å²) in [6.07, 6.45) is 5.25. The van der Waals surface area contributed by atoms with E-state index in [0.29, 0.717) is 53.5 Å². The predicted molar refractivity (Wildman–Crippen MR) is 166 cm³/mol. The number of carbonyl (C=O) groups is 2. The number of carbonyl (C=O) groups excluding carboxylic acids is 1. The lowest BCUT2D eigenvalue weighted by Crippen LogP contribution is -2.33. The fraction of sp³-hybridized carbons (Fsp3) is 0.394. The number of ether oxygens (including phenoxy) is 1. The van der Waals surface area contributed by atoms with Crippen LogP contribution in [0.2, 0.25) is 0 Å². The first-order chi connectivity index (χ1) is 19.6. The third-order valence-corrected chi connectivity index (χ3v) is 9.14. The Hall–Kier alpha value is -2.84. The number of phenolic OH excluding ortho intramolecular Hbond substituents is 2. The number of fused-ring (bicyclic) bond motifs is 1. The summed E-state index contributed by atoms with van der Waals surface area (Å²) in [6, 6.07) is 8.22. The highest BCUT2D eigenvalue weighted by Crippen LogP contribution is 2.57. The smallest absolute Gasteiger partial charge is 0.340 e. The highest BCUT2D eigenvalue weighted by molar-refractivity contribution is 9.10. The first-order valence-corrected chi connectivity index (χ1v) is 15.8. The SMILES string of the molecule is CCCc1cc(Br)c(CCC)c(O)c1C1(c2c(CCC)cc(Br)c(CCC)c2O)OC(=O)c2ccc(C(=O)O)cc21. The Morgan fingerprint density at radius 2 is 1.24 bits per heavy atom. The summed E-state index contributed by atoms with van der Waals surface area (Å²) in [5.41, 5.74) is 2.31. The van der Waals surface area contributed by atoms with E-state index in [0.717, 1.165) is 45.8 Å². The normalized spacial score (nSPS) is 13.8. The Kier molecular flexibility index (Phi) is 9.54. The molecule has 0 unspecified atom stereocenters. The molecule has 0 radical (unpaired) electrons. The minimum absolute atomic E-state index is 0.0173. The first kappa shape index (κ1) is 31.1. The van der Waals surface area contributed by atoms with Gasteiger partial charge in [0.05, 0.1) is 22.3 Å². The van der Waals surface area contributed by atoms with Crippen LogP contribution < -0.4 is 0 Å². The number of aryl methyl sites for hydroxylation is 2. The summed E-state index contributed by atoms with van der Waals surface area (Å²) in [5.74, 6) is -1.83. The van der Waals surface area contributed by atoms with E-state index >= 15 is 0 Å². The van der Waals surface area contributed by atoms with Gasteiger partial charge < -0.3 is 20.1 Å². The number of cyclic esters (lactones) is 1. The molecule has 4 rings (SSSR count). The molecule has 0 bridgehead atoms. The molecule has 0 saturated carbocycles. The first-order valence-electron chi connectivity index (χ1n) is 14.3. The van der Waals surface area contributed by atoms with Crippen molar-refractivity contribution in [1.82, 2.24) is 0 Å². The largest absolute Gasteiger partial charge is 0.507 e. The van der Waals surface area contributed by atoms with Gasteiger partial charge in [0, 0.05) is 25.6 Å². The fourth-order valence-corrected chi connectivity index (χ4v) is 7.37. The van der Waals surface area contributed by atoms with Crippen LogP contribution in [0.4, 0.5) is 0 Å². The standard InChI is InChI=1S/C33H36Br2O6/c1-5-9-18-16-25(34)22(11-7-3)29(36)27(18)33(24-15-20(31(38)39)13-14-21(24)32(40)41-33)28-19(10-6-2)17-26(35)23(12-8-4)30(28)37/h13-17,36-37H,5-12H2,1-4H3,(H,38,39). The number of hydrogen-bond acceptors (Lipinski definition) is 5. The van der Waals surface area contributed by atoms with Crippen LogP contribution in [-0.4, -0.2) is 27.3 Å². The number of carboxylic acids is 1. The number of benzene rings is 3. The van der Waals surface area contributed by atoms with Crippen LogP contribution in [0.1, 0.15) is 113 Å². The molecule has 0 spiro atoms. The van der Waals surface area contributed by atoms with Crippen molar-refractivity contribution < 1.29 is 29.6 Å².